The van der Waals surface area contributed by atoms with Gasteiger partial charge in [0.25, 0.3) is 5.91 Å². The van der Waals surface area contributed by atoms with E-state index in [1.807, 2.05) is 12.1 Å². The van der Waals surface area contributed by atoms with Gasteiger partial charge in [-0.15, -0.1) is 0 Å². The van der Waals surface area contributed by atoms with E-state index in [4.69, 9.17) is 0 Å². The number of hydrogen-bond acceptors (Lipinski definition) is 4. The second-order valence-electron chi connectivity index (χ2n) is 11.1. The van der Waals surface area contributed by atoms with Gasteiger partial charge in [0.05, 0.1) is 0 Å². The molecular formula is C27H40N4O3. The zero-order valence-electron chi connectivity index (χ0n) is 21.0. The Hall–Kier alpha value is -2.41. The molecule has 34 heavy (non-hydrogen) atoms. The summed E-state index contributed by atoms with van der Waals surface area (Å²) in [6, 6.07) is 7.84. The average Bonchev–Trinajstić information content (AvgIpc) is 3.41. The number of imide groups is 1. The summed E-state index contributed by atoms with van der Waals surface area (Å²) in [6.07, 6.45) is 6.78. The highest BCUT2D eigenvalue weighted by molar-refractivity contribution is 6.09. The zero-order valence-corrected chi connectivity index (χ0v) is 21.0. The minimum absolute atomic E-state index is 0.233. The molecule has 2 aliphatic heterocycles. The van der Waals surface area contributed by atoms with Crippen molar-refractivity contribution in [3.8, 4) is 0 Å². The zero-order chi connectivity index (χ0) is 24.3. The summed E-state index contributed by atoms with van der Waals surface area (Å²) in [6.45, 7) is 10.2. The first-order chi connectivity index (χ1) is 16.2. The predicted octanol–water partition coefficient (Wildman–Crippen LogP) is 3.82. The van der Waals surface area contributed by atoms with Crippen molar-refractivity contribution in [3.63, 3.8) is 0 Å². The van der Waals surface area contributed by atoms with Crippen LogP contribution in [0.25, 0.3) is 0 Å². The van der Waals surface area contributed by atoms with Crippen LogP contribution in [0, 0.1) is 11.3 Å². The van der Waals surface area contributed by atoms with Gasteiger partial charge in [0.1, 0.15) is 12.1 Å². The topological polar surface area (TPSA) is 81.8 Å². The fraction of sp³-hybridized carbons (Fsp3) is 0.667. The molecule has 0 radical (unpaired) electrons. The molecule has 7 nitrogen and oxygen atoms in total. The lowest BCUT2D eigenvalue weighted by Gasteiger charge is -2.42. The Kier molecular flexibility index (Phi) is 7.31. The van der Waals surface area contributed by atoms with Crippen LogP contribution < -0.4 is 10.6 Å². The molecule has 0 unspecified atom stereocenters. The van der Waals surface area contributed by atoms with Gasteiger partial charge in [-0.05, 0) is 74.1 Å². The second kappa shape index (κ2) is 10.1. The van der Waals surface area contributed by atoms with Gasteiger partial charge in [-0.25, -0.2) is 4.79 Å². The highest BCUT2D eigenvalue weighted by Crippen LogP contribution is 2.45. The molecule has 4 rings (SSSR count). The molecule has 2 N–H and O–H groups in total. The number of nitrogens with zero attached hydrogens (tertiary/aromatic N) is 2. The third-order valence-electron chi connectivity index (χ3n) is 8.52. The van der Waals surface area contributed by atoms with Crippen LogP contribution in [0.4, 0.5) is 4.79 Å². The molecule has 186 valence electrons. The number of carbonyl (C=O) groups is 3. The molecule has 0 aromatic heterocycles. The molecule has 1 spiro atoms. The predicted molar refractivity (Wildman–Crippen MR) is 132 cm³/mol. The van der Waals surface area contributed by atoms with Crippen LogP contribution in [0.3, 0.4) is 0 Å². The second-order valence-corrected chi connectivity index (χ2v) is 11.1. The number of benzene rings is 1. The van der Waals surface area contributed by atoms with E-state index in [2.05, 4.69) is 48.4 Å². The third kappa shape index (κ3) is 5.29. The lowest BCUT2D eigenvalue weighted by atomic mass is 9.65. The first-order valence-corrected chi connectivity index (χ1v) is 12.9. The molecule has 1 aliphatic carbocycles. The molecule has 2 saturated heterocycles. The van der Waals surface area contributed by atoms with Crippen LogP contribution in [-0.4, -0.2) is 52.8 Å². The van der Waals surface area contributed by atoms with Gasteiger partial charge in [0.15, 0.2) is 0 Å². The summed E-state index contributed by atoms with van der Waals surface area (Å²) in [4.78, 5) is 41.9. The smallest absolute Gasteiger partial charge is 0.325 e. The summed E-state index contributed by atoms with van der Waals surface area (Å²) in [5.74, 6) is -0.0129. The first kappa shape index (κ1) is 24.7. The van der Waals surface area contributed by atoms with Gasteiger partial charge < -0.3 is 10.6 Å². The van der Waals surface area contributed by atoms with E-state index in [1.54, 1.807) is 0 Å². The molecule has 4 amide bonds. The van der Waals surface area contributed by atoms with Crippen molar-refractivity contribution >= 4 is 17.8 Å². The average molecular weight is 469 g/mol. The Morgan fingerprint density at radius 1 is 1.09 bits per heavy atom. The summed E-state index contributed by atoms with van der Waals surface area (Å²) < 4.78 is 0. The van der Waals surface area contributed by atoms with Gasteiger partial charge in [-0.2, -0.15) is 0 Å². The lowest BCUT2D eigenvalue weighted by Crippen LogP contribution is -2.51. The Balaban J connectivity index is 1.26. The minimum atomic E-state index is -0.830. The maximum Gasteiger partial charge on any atom is 0.325 e. The van der Waals surface area contributed by atoms with E-state index in [0.29, 0.717) is 25.3 Å². The van der Waals surface area contributed by atoms with Crippen molar-refractivity contribution in [2.45, 2.75) is 84.3 Å². The van der Waals surface area contributed by atoms with Crippen LogP contribution in [0.15, 0.2) is 24.3 Å². The largest absolute Gasteiger partial charge is 0.350 e. The maximum atomic E-state index is 13.2. The summed E-state index contributed by atoms with van der Waals surface area (Å²) in [7, 11) is 0. The molecule has 3 aliphatic rings. The fourth-order valence-electron chi connectivity index (χ4n) is 5.70. The number of likely N-dealkylation sites (tertiary alicyclic amines) is 1. The van der Waals surface area contributed by atoms with E-state index in [9.17, 15) is 14.4 Å². The molecular weight excluding hydrogens is 428 g/mol. The Morgan fingerprint density at radius 2 is 1.71 bits per heavy atom. The van der Waals surface area contributed by atoms with Crippen LogP contribution in [0.1, 0.15) is 76.8 Å². The van der Waals surface area contributed by atoms with E-state index in [1.165, 1.54) is 31.5 Å². The third-order valence-corrected chi connectivity index (χ3v) is 8.52. The van der Waals surface area contributed by atoms with Crippen LogP contribution in [0.2, 0.25) is 0 Å². The van der Waals surface area contributed by atoms with Crippen molar-refractivity contribution in [1.29, 1.82) is 0 Å². The highest BCUT2D eigenvalue weighted by atomic mass is 16.2. The van der Waals surface area contributed by atoms with E-state index in [-0.39, 0.29) is 23.8 Å². The number of nitrogens with one attached hydrogen (secondary N) is 2. The molecule has 0 atom stereocenters. The number of amides is 4. The first-order valence-electron chi connectivity index (χ1n) is 12.9. The van der Waals surface area contributed by atoms with Crippen LogP contribution >= 0.6 is 0 Å². The molecule has 1 saturated carbocycles. The molecule has 1 aromatic carbocycles. The van der Waals surface area contributed by atoms with Crippen molar-refractivity contribution in [3.05, 3.63) is 35.4 Å². The molecule has 7 heteroatoms. The van der Waals surface area contributed by atoms with Gasteiger partial charge >= 0.3 is 6.03 Å². The number of urea groups is 1. The molecule has 0 bridgehead atoms. The van der Waals surface area contributed by atoms with Gasteiger partial charge in [0.2, 0.25) is 5.91 Å². The summed E-state index contributed by atoms with van der Waals surface area (Å²) in [5, 5.41) is 5.79. The van der Waals surface area contributed by atoms with Crippen LogP contribution in [0.5, 0.6) is 0 Å². The van der Waals surface area contributed by atoms with E-state index < -0.39 is 11.6 Å². The SMILES string of the molecule is CCC(C)(C)C1CCC2(CC1)NC(=O)N(CC(=O)NCc1ccc(CN3CCCC3)cc1)C2=O. The highest BCUT2D eigenvalue weighted by Gasteiger charge is 2.53. The van der Waals surface area contributed by atoms with E-state index >= 15 is 0 Å². The fourth-order valence-corrected chi connectivity index (χ4v) is 5.70. The standard InChI is InChI=1S/C27H40N4O3/c1-4-26(2,3)22-11-13-27(14-12-22)24(33)31(25(34)29-27)19-23(32)28-17-20-7-9-21(10-8-20)18-30-15-5-6-16-30/h7-10,22H,4-6,11-19H2,1-3H3,(H,28,32)(H,29,34). The quantitative estimate of drug-likeness (QED) is 0.569. The van der Waals surface area contributed by atoms with Crippen molar-refractivity contribution in [2.24, 2.45) is 11.3 Å². The normalized spacial score (nSPS) is 25.7. The minimum Gasteiger partial charge on any atom is -0.350 e. The Bertz CT molecular complexity index is 897. The van der Waals surface area contributed by atoms with E-state index in [0.717, 1.165) is 36.3 Å². The van der Waals surface area contributed by atoms with Crippen molar-refractivity contribution in [2.75, 3.05) is 19.6 Å². The van der Waals surface area contributed by atoms with Crippen LogP contribution in [-0.2, 0) is 22.7 Å². The molecule has 1 aromatic rings. The summed E-state index contributed by atoms with van der Waals surface area (Å²) >= 11 is 0. The lowest BCUT2D eigenvalue weighted by molar-refractivity contribution is -0.136. The molecule has 3 fully saturated rings. The van der Waals surface area contributed by atoms with Crippen molar-refractivity contribution < 1.29 is 14.4 Å². The van der Waals surface area contributed by atoms with Crippen molar-refractivity contribution in [1.82, 2.24) is 20.4 Å². The summed E-state index contributed by atoms with van der Waals surface area (Å²) in [5.41, 5.74) is 1.69. The monoisotopic (exact) mass is 468 g/mol. The number of hydrogen-bond donors (Lipinski definition) is 2. The number of carbonyl (C=O) groups excluding carboxylic acids is 3. The Morgan fingerprint density at radius 3 is 2.32 bits per heavy atom. The molecule has 2 heterocycles. The Labute approximate surface area is 203 Å². The van der Waals surface area contributed by atoms with Gasteiger partial charge in [-0.1, -0.05) is 51.5 Å². The number of rotatable bonds is 8. The maximum absolute atomic E-state index is 13.2. The van der Waals surface area contributed by atoms with Gasteiger partial charge in [-0.3, -0.25) is 19.4 Å². The van der Waals surface area contributed by atoms with Gasteiger partial charge in [0, 0.05) is 13.1 Å².